The highest BCUT2D eigenvalue weighted by Crippen LogP contribution is 2.27. The van der Waals surface area contributed by atoms with E-state index in [0.717, 1.165) is 32.2 Å². The summed E-state index contributed by atoms with van der Waals surface area (Å²) in [6, 6.07) is 0. The number of carbonyl (C=O) groups excluding carboxylic acids is 1. The molecule has 1 fully saturated rings. The van der Waals surface area contributed by atoms with Gasteiger partial charge in [-0.15, -0.1) is 0 Å². The van der Waals surface area contributed by atoms with Crippen LogP contribution in [0.15, 0.2) is 0 Å². The number of rotatable bonds is 5. The Bertz CT molecular complexity index is 201. The van der Waals surface area contributed by atoms with E-state index in [2.05, 4.69) is 10.6 Å². The van der Waals surface area contributed by atoms with Crippen molar-refractivity contribution in [3.05, 3.63) is 0 Å². The van der Waals surface area contributed by atoms with Gasteiger partial charge in [0.15, 0.2) is 0 Å². The second-order valence-corrected chi connectivity index (χ2v) is 4.33. The second-order valence-electron chi connectivity index (χ2n) is 4.33. The molecule has 0 aromatic carbocycles. The van der Waals surface area contributed by atoms with Crippen molar-refractivity contribution in [2.45, 2.75) is 44.6 Å². The third-order valence-electron chi connectivity index (χ3n) is 3.05. The SMILES string of the molecule is CCNCC(=O)NC1(CO)CCCCC1. The van der Waals surface area contributed by atoms with Crippen LogP contribution >= 0.6 is 0 Å². The summed E-state index contributed by atoms with van der Waals surface area (Å²) in [5, 5.41) is 15.3. The van der Waals surface area contributed by atoms with Crippen molar-refractivity contribution in [1.29, 1.82) is 0 Å². The van der Waals surface area contributed by atoms with Gasteiger partial charge >= 0.3 is 0 Å². The largest absolute Gasteiger partial charge is 0.394 e. The van der Waals surface area contributed by atoms with Crippen molar-refractivity contribution in [3.63, 3.8) is 0 Å². The van der Waals surface area contributed by atoms with Crippen LogP contribution in [0, 0.1) is 0 Å². The Morgan fingerprint density at radius 1 is 1.33 bits per heavy atom. The number of aliphatic hydroxyl groups is 1. The van der Waals surface area contributed by atoms with E-state index in [9.17, 15) is 9.90 Å². The lowest BCUT2D eigenvalue weighted by Crippen LogP contribution is -2.54. The van der Waals surface area contributed by atoms with Gasteiger partial charge in [0.05, 0.1) is 18.7 Å². The fourth-order valence-corrected chi connectivity index (χ4v) is 2.13. The van der Waals surface area contributed by atoms with Crippen LogP contribution in [0.5, 0.6) is 0 Å². The van der Waals surface area contributed by atoms with Gasteiger partial charge < -0.3 is 15.7 Å². The fraction of sp³-hybridized carbons (Fsp3) is 0.909. The maximum atomic E-state index is 11.5. The fourth-order valence-electron chi connectivity index (χ4n) is 2.13. The molecule has 0 bridgehead atoms. The Morgan fingerprint density at radius 2 is 2.00 bits per heavy atom. The van der Waals surface area contributed by atoms with E-state index in [0.29, 0.717) is 6.54 Å². The Kier molecular flexibility index (Phi) is 5.05. The van der Waals surface area contributed by atoms with Crippen molar-refractivity contribution in [1.82, 2.24) is 10.6 Å². The molecule has 4 nitrogen and oxygen atoms in total. The Balaban J connectivity index is 2.40. The molecule has 1 saturated carbocycles. The molecule has 4 heteroatoms. The first-order valence-corrected chi connectivity index (χ1v) is 5.85. The smallest absolute Gasteiger partial charge is 0.234 e. The molecule has 1 rings (SSSR count). The zero-order chi connectivity index (χ0) is 11.1. The molecule has 0 unspecified atom stereocenters. The van der Waals surface area contributed by atoms with Gasteiger partial charge in [-0.3, -0.25) is 4.79 Å². The zero-order valence-electron chi connectivity index (χ0n) is 9.51. The van der Waals surface area contributed by atoms with Crippen molar-refractivity contribution < 1.29 is 9.90 Å². The molecule has 3 N–H and O–H groups in total. The summed E-state index contributed by atoms with van der Waals surface area (Å²) in [7, 11) is 0. The first-order valence-electron chi connectivity index (χ1n) is 5.85. The van der Waals surface area contributed by atoms with Gasteiger partial charge in [-0.25, -0.2) is 0 Å². The first-order chi connectivity index (χ1) is 7.22. The molecule has 0 aromatic rings. The molecule has 0 radical (unpaired) electrons. The number of aliphatic hydroxyl groups excluding tert-OH is 1. The normalized spacial score (nSPS) is 19.9. The van der Waals surface area contributed by atoms with Crippen LogP contribution < -0.4 is 10.6 Å². The monoisotopic (exact) mass is 214 g/mol. The minimum absolute atomic E-state index is 0.00667. The van der Waals surface area contributed by atoms with E-state index < -0.39 is 0 Å². The van der Waals surface area contributed by atoms with Crippen LogP contribution in [0.4, 0.5) is 0 Å². The van der Waals surface area contributed by atoms with E-state index in [4.69, 9.17) is 0 Å². The van der Waals surface area contributed by atoms with Gasteiger partial charge in [0.1, 0.15) is 0 Å². The molecule has 0 aromatic heterocycles. The lowest BCUT2D eigenvalue weighted by Gasteiger charge is -2.36. The number of nitrogens with one attached hydrogen (secondary N) is 2. The molecule has 0 heterocycles. The van der Waals surface area contributed by atoms with Crippen molar-refractivity contribution in [2.24, 2.45) is 0 Å². The number of hydrogen-bond acceptors (Lipinski definition) is 3. The number of hydrogen-bond donors (Lipinski definition) is 3. The van der Waals surface area contributed by atoms with Gasteiger partial charge in [-0.05, 0) is 19.4 Å². The quantitative estimate of drug-likeness (QED) is 0.621. The van der Waals surface area contributed by atoms with Gasteiger partial charge in [0, 0.05) is 0 Å². The second kappa shape index (κ2) is 6.08. The third kappa shape index (κ3) is 3.80. The molecule has 0 aliphatic heterocycles. The Hall–Kier alpha value is -0.610. The third-order valence-corrected chi connectivity index (χ3v) is 3.05. The summed E-state index contributed by atoms with van der Waals surface area (Å²) >= 11 is 0. The summed E-state index contributed by atoms with van der Waals surface area (Å²) in [5.41, 5.74) is -0.343. The van der Waals surface area contributed by atoms with Crippen LogP contribution in [-0.4, -0.2) is 36.2 Å². The first kappa shape index (κ1) is 12.5. The molecule has 0 spiro atoms. The van der Waals surface area contributed by atoms with E-state index >= 15 is 0 Å². The predicted molar refractivity (Wildman–Crippen MR) is 59.6 cm³/mol. The summed E-state index contributed by atoms with van der Waals surface area (Å²) in [6.45, 7) is 3.17. The highest BCUT2D eigenvalue weighted by Gasteiger charge is 2.32. The number of likely N-dealkylation sites (N-methyl/N-ethyl adjacent to an activating group) is 1. The maximum absolute atomic E-state index is 11.5. The summed E-state index contributed by atoms with van der Waals surface area (Å²) in [4.78, 5) is 11.5. The summed E-state index contributed by atoms with van der Waals surface area (Å²) < 4.78 is 0. The van der Waals surface area contributed by atoms with Gasteiger partial charge in [0.25, 0.3) is 0 Å². The highest BCUT2D eigenvalue weighted by molar-refractivity contribution is 5.78. The van der Waals surface area contributed by atoms with Gasteiger partial charge in [-0.2, -0.15) is 0 Å². The molecule has 15 heavy (non-hydrogen) atoms. The molecular weight excluding hydrogens is 192 g/mol. The molecule has 1 aliphatic carbocycles. The maximum Gasteiger partial charge on any atom is 0.234 e. The molecule has 88 valence electrons. The van der Waals surface area contributed by atoms with Crippen molar-refractivity contribution in [3.8, 4) is 0 Å². The molecule has 0 atom stereocenters. The van der Waals surface area contributed by atoms with E-state index in [1.54, 1.807) is 0 Å². The summed E-state index contributed by atoms with van der Waals surface area (Å²) in [6.07, 6.45) is 5.22. The topological polar surface area (TPSA) is 61.4 Å². The molecular formula is C11H22N2O2. The van der Waals surface area contributed by atoms with Gasteiger partial charge in [-0.1, -0.05) is 26.2 Å². The van der Waals surface area contributed by atoms with E-state index in [1.165, 1.54) is 6.42 Å². The van der Waals surface area contributed by atoms with Crippen LogP contribution in [-0.2, 0) is 4.79 Å². The van der Waals surface area contributed by atoms with Crippen molar-refractivity contribution in [2.75, 3.05) is 19.7 Å². The van der Waals surface area contributed by atoms with Crippen molar-refractivity contribution >= 4 is 5.91 Å². The highest BCUT2D eigenvalue weighted by atomic mass is 16.3. The number of carbonyl (C=O) groups is 1. The van der Waals surface area contributed by atoms with E-state index in [-0.39, 0.29) is 18.1 Å². The number of amides is 1. The average molecular weight is 214 g/mol. The van der Waals surface area contributed by atoms with Crippen LogP contribution in [0.1, 0.15) is 39.0 Å². The lowest BCUT2D eigenvalue weighted by atomic mass is 9.82. The zero-order valence-corrected chi connectivity index (χ0v) is 9.51. The van der Waals surface area contributed by atoms with Crippen LogP contribution in [0.25, 0.3) is 0 Å². The summed E-state index contributed by atoms with van der Waals surface area (Å²) in [5.74, 6) is -0.00667. The standard InChI is InChI=1S/C11H22N2O2/c1-2-12-8-10(15)13-11(9-14)6-4-3-5-7-11/h12,14H,2-9H2,1H3,(H,13,15). The Morgan fingerprint density at radius 3 is 2.53 bits per heavy atom. The van der Waals surface area contributed by atoms with Crippen LogP contribution in [0.2, 0.25) is 0 Å². The molecule has 1 amide bonds. The van der Waals surface area contributed by atoms with Gasteiger partial charge in [0.2, 0.25) is 5.91 Å². The predicted octanol–water partition coefficient (Wildman–Crippen LogP) is 0.407. The Labute approximate surface area is 91.4 Å². The average Bonchev–Trinajstić information content (AvgIpc) is 2.27. The van der Waals surface area contributed by atoms with E-state index in [1.807, 2.05) is 6.92 Å². The molecule has 1 aliphatic rings. The molecule has 0 saturated heterocycles. The minimum atomic E-state index is -0.343. The minimum Gasteiger partial charge on any atom is -0.394 e. The lowest BCUT2D eigenvalue weighted by molar-refractivity contribution is -0.123. The van der Waals surface area contributed by atoms with Crippen LogP contribution in [0.3, 0.4) is 0 Å².